The Hall–Kier alpha value is -2.28. The number of carbonyl (C=O) groups is 2. The fraction of sp³-hybridized carbons (Fsp3) is 0.167. The molecule has 80 valence electrons. The van der Waals surface area contributed by atoms with Crippen LogP contribution in [0.15, 0.2) is 18.2 Å². The number of fused-ring (bicyclic) bond motifs is 1. The molecule has 1 aromatic rings. The summed E-state index contributed by atoms with van der Waals surface area (Å²) < 4.78 is 0. The maximum atomic E-state index is 11.6. The highest BCUT2D eigenvalue weighted by molar-refractivity contribution is 6.02. The van der Waals surface area contributed by atoms with Crippen LogP contribution in [0.5, 0.6) is 0 Å². The van der Waals surface area contributed by atoms with Crippen molar-refractivity contribution >= 4 is 17.6 Å². The molecule has 1 N–H and O–H groups in total. The molecule has 0 unspecified atom stereocenters. The monoisotopic (exact) mass is 215 g/mol. The fourth-order valence-corrected chi connectivity index (χ4v) is 1.78. The standard InChI is InChI=1S/C12H9NO3/c1-2-5-13-10-4-3-8(12(15)16)6-9(10)7-11(13)14/h1,3-4,6H,5,7H2,(H,15,16). The van der Waals surface area contributed by atoms with Gasteiger partial charge in [-0.3, -0.25) is 4.79 Å². The van der Waals surface area contributed by atoms with E-state index in [4.69, 9.17) is 11.5 Å². The van der Waals surface area contributed by atoms with E-state index in [1.54, 1.807) is 6.07 Å². The van der Waals surface area contributed by atoms with Gasteiger partial charge in [0.15, 0.2) is 0 Å². The number of carbonyl (C=O) groups excluding carboxylic acids is 1. The van der Waals surface area contributed by atoms with Crippen molar-refractivity contribution in [1.29, 1.82) is 0 Å². The molecule has 0 aliphatic carbocycles. The number of carboxylic acid groups (broad SMARTS) is 1. The van der Waals surface area contributed by atoms with Crippen molar-refractivity contribution in [2.24, 2.45) is 0 Å². The van der Waals surface area contributed by atoms with Gasteiger partial charge in [0, 0.05) is 5.69 Å². The van der Waals surface area contributed by atoms with Gasteiger partial charge < -0.3 is 10.0 Å². The van der Waals surface area contributed by atoms with E-state index >= 15 is 0 Å². The summed E-state index contributed by atoms with van der Waals surface area (Å²) in [6.07, 6.45) is 5.39. The molecule has 16 heavy (non-hydrogen) atoms. The lowest BCUT2D eigenvalue weighted by molar-refractivity contribution is -0.117. The summed E-state index contributed by atoms with van der Waals surface area (Å²) >= 11 is 0. The maximum absolute atomic E-state index is 11.6. The van der Waals surface area contributed by atoms with Crippen LogP contribution in [-0.4, -0.2) is 23.5 Å². The number of rotatable bonds is 2. The normalized spacial score (nSPS) is 13.4. The molecule has 1 aliphatic heterocycles. The molecule has 0 fully saturated rings. The molecule has 0 aromatic heterocycles. The Labute approximate surface area is 92.5 Å². The minimum Gasteiger partial charge on any atom is -0.478 e. The average Bonchev–Trinajstić information content (AvgIpc) is 2.55. The summed E-state index contributed by atoms with van der Waals surface area (Å²) in [5.41, 5.74) is 1.63. The van der Waals surface area contributed by atoms with Gasteiger partial charge in [-0.15, -0.1) is 6.42 Å². The van der Waals surface area contributed by atoms with Crippen LogP contribution in [0.1, 0.15) is 15.9 Å². The quantitative estimate of drug-likeness (QED) is 0.746. The van der Waals surface area contributed by atoms with E-state index in [0.717, 1.165) is 5.56 Å². The fourth-order valence-electron chi connectivity index (χ4n) is 1.78. The Morgan fingerprint density at radius 2 is 2.31 bits per heavy atom. The first kappa shape index (κ1) is 10.2. The summed E-state index contributed by atoms with van der Waals surface area (Å²) in [7, 11) is 0. The van der Waals surface area contributed by atoms with Gasteiger partial charge in [0.05, 0.1) is 18.5 Å². The van der Waals surface area contributed by atoms with Gasteiger partial charge in [-0.25, -0.2) is 4.79 Å². The van der Waals surface area contributed by atoms with Gasteiger partial charge in [0.1, 0.15) is 0 Å². The van der Waals surface area contributed by atoms with E-state index < -0.39 is 5.97 Å². The zero-order chi connectivity index (χ0) is 11.7. The molecule has 0 atom stereocenters. The van der Waals surface area contributed by atoms with Crippen LogP contribution in [0.2, 0.25) is 0 Å². The number of amides is 1. The molecule has 0 radical (unpaired) electrons. The van der Waals surface area contributed by atoms with Gasteiger partial charge in [-0.2, -0.15) is 0 Å². The third-order valence-electron chi connectivity index (χ3n) is 2.51. The predicted molar refractivity (Wildman–Crippen MR) is 58.3 cm³/mol. The number of nitrogens with zero attached hydrogens (tertiary/aromatic N) is 1. The van der Waals surface area contributed by atoms with Crippen LogP contribution in [0.25, 0.3) is 0 Å². The zero-order valence-electron chi connectivity index (χ0n) is 8.43. The summed E-state index contributed by atoms with van der Waals surface area (Å²) in [6.45, 7) is 0.220. The number of hydrogen-bond donors (Lipinski definition) is 1. The molecular weight excluding hydrogens is 206 g/mol. The number of benzene rings is 1. The third-order valence-corrected chi connectivity index (χ3v) is 2.51. The van der Waals surface area contributed by atoms with E-state index in [0.29, 0.717) is 5.69 Å². The molecule has 0 saturated heterocycles. The largest absolute Gasteiger partial charge is 0.478 e. The lowest BCUT2D eigenvalue weighted by Gasteiger charge is -2.13. The van der Waals surface area contributed by atoms with Gasteiger partial charge in [0.2, 0.25) is 5.91 Å². The molecule has 0 spiro atoms. The predicted octanol–water partition coefficient (Wildman–Crippen LogP) is 0.907. The molecule has 1 aliphatic rings. The number of carboxylic acids is 1. The number of aromatic carboxylic acids is 1. The van der Waals surface area contributed by atoms with E-state index in [1.807, 2.05) is 0 Å². The Kier molecular flexibility index (Phi) is 2.37. The third kappa shape index (κ3) is 1.52. The first-order valence-corrected chi connectivity index (χ1v) is 4.73. The Morgan fingerprint density at radius 1 is 1.56 bits per heavy atom. The summed E-state index contributed by atoms with van der Waals surface area (Å²) in [6, 6.07) is 4.62. The molecule has 0 bridgehead atoms. The number of anilines is 1. The van der Waals surface area contributed by atoms with Crippen LogP contribution in [0.3, 0.4) is 0 Å². The highest BCUT2D eigenvalue weighted by Gasteiger charge is 2.27. The van der Waals surface area contributed by atoms with Crippen molar-refractivity contribution in [3.05, 3.63) is 29.3 Å². The van der Waals surface area contributed by atoms with Crippen molar-refractivity contribution in [1.82, 2.24) is 0 Å². The first-order valence-electron chi connectivity index (χ1n) is 4.73. The highest BCUT2D eigenvalue weighted by Crippen LogP contribution is 2.29. The summed E-state index contributed by atoms with van der Waals surface area (Å²) in [5.74, 6) is 1.32. The molecule has 1 amide bonds. The SMILES string of the molecule is C#CCN1C(=O)Cc2cc(C(=O)O)ccc21. The van der Waals surface area contributed by atoms with Crippen molar-refractivity contribution in [2.75, 3.05) is 11.4 Å². The zero-order valence-corrected chi connectivity index (χ0v) is 8.43. The van der Waals surface area contributed by atoms with E-state index in [1.165, 1.54) is 17.0 Å². The van der Waals surface area contributed by atoms with Gasteiger partial charge >= 0.3 is 5.97 Å². The topological polar surface area (TPSA) is 57.6 Å². The van der Waals surface area contributed by atoms with Gasteiger partial charge in [-0.05, 0) is 23.8 Å². The van der Waals surface area contributed by atoms with Crippen LogP contribution < -0.4 is 4.90 Å². The second-order valence-corrected chi connectivity index (χ2v) is 3.51. The van der Waals surface area contributed by atoms with E-state index in [-0.39, 0.29) is 24.4 Å². The molecule has 0 saturated carbocycles. The van der Waals surface area contributed by atoms with Crippen LogP contribution >= 0.6 is 0 Å². The number of terminal acetylenes is 1. The first-order chi connectivity index (χ1) is 7.63. The second-order valence-electron chi connectivity index (χ2n) is 3.51. The molecule has 4 nitrogen and oxygen atoms in total. The van der Waals surface area contributed by atoms with Gasteiger partial charge in [0.25, 0.3) is 0 Å². The highest BCUT2D eigenvalue weighted by atomic mass is 16.4. The molecule has 1 heterocycles. The molecule has 4 heteroatoms. The molecule has 1 aromatic carbocycles. The minimum atomic E-state index is -0.995. The van der Waals surface area contributed by atoms with Crippen LogP contribution in [0.4, 0.5) is 5.69 Å². The minimum absolute atomic E-state index is 0.0875. The molecular formula is C12H9NO3. The van der Waals surface area contributed by atoms with E-state index in [9.17, 15) is 9.59 Å². The Balaban J connectivity index is 2.43. The van der Waals surface area contributed by atoms with Gasteiger partial charge in [-0.1, -0.05) is 5.92 Å². The smallest absolute Gasteiger partial charge is 0.335 e. The summed E-state index contributed by atoms with van der Waals surface area (Å²) in [4.78, 5) is 23.8. The van der Waals surface area contributed by atoms with Crippen molar-refractivity contribution < 1.29 is 14.7 Å². The summed E-state index contributed by atoms with van der Waals surface area (Å²) in [5, 5.41) is 8.82. The van der Waals surface area contributed by atoms with Crippen molar-refractivity contribution in [3.8, 4) is 12.3 Å². The van der Waals surface area contributed by atoms with Crippen LogP contribution in [0, 0.1) is 12.3 Å². The second kappa shape index (κ2) is 3.70. The lowest BCUT2D eigenvalue weighted by Crippen LogP contribution is -2.26. The maximum Gasteiger partial charge on any atom is 0.335 e. The molecule has 2 rings (SSSR count). The van der Waals surface area contributed by atoms with E-state index in [2.05, 4.69) is 5.92 Å². The van der Waals surface area contributed by atoms with Crippen LogP contribution in [-0.2, 0) is 11.2 Å². The average molecular weight is 215 g/mol. The Morgan fingerprint density at radius 3 is 2.94 bits per heavy atom. The lowest BCUT2D eigenvalue weighted by atomic mass is 10.1. The van der Waals surface area contributed by atoms with Crippen molar-refractivity contribution in [3.63, 3.8) is 0 Å². The number of hydrogen-bond acceptors (Lipinski definition) is 2. The Bertz CT molecular complexity index is 513. The van der Waals surface area contributed by atoms with Crippen molar-refractivity contribution in [2.45, 2.75) is 6.42 Å².